The topological polar surface area (TPSA) is 108 Å². The zero-order valence-corrected chi connectivity index (χ0v) is 12.9. The molecule has 0 aliphatic carbocycles. The van der Waals surface area contributed by atoms with Gasteiger partial charge in [0.1, 0.15) is 11.4 Å². The number of anilines is 1. The van der Waals surface area contributed by atoms with Crippen LogP contribution in [0.4, 0.5) is 11.4 Å². The smallest absolute Gasteiger partial charge is 0.354 e. The molecule has 0 radical (unpaired) electrons. The van der Waals surface area contributed by atoms with Crippen LogP contribution in [0.15, 0.2) is 23.9 Å². The first-order valence-electron chi connectivity index (χ1n) is 5.58. The lowest BCUT2D eigenvalue weighted by Crippen LogP contribution is -2.16. The van der Waals surface area contributed by atoms with E-state index in [2.05, 4.69) is 14.8 Å². The highest BCUT2D eigenvalue weighted by Gasteiger charge is 2.22. The number of hydrogen-bond donors (Lipinski definition) is 1. The van der Waals surface area contributed by atoms with Gasteiger partial charge in [0.15, 0.2) is 0 Å². The number of esters is 2. The van der Waals surface area contributed by atoms with Gasteiger partial charge in [-0.25, -0.2) is 9.59 Å². The molecule has 0 heterocycles. The molecule has 0 unspecified atom stereocenters. The molecule has 0 spiro atoms. The lowest BCUT2D eigenvalue weighted by Gasteiger charge is -2.11. The second-order valence-electron chi connectivity index (χ2n) is 3.74. The first-order chi connectivity index (χ1) is 10.3. The number of carbonyl (C=O) groups excluding carboxylic acids is 2. The maximum absolute atomic E-state index is 11.6. The van der Waals surface area contributed by atoms with E-state index in [-0.39, 0.29) is 21.4 Å². The molecule has 1 aromatic carbocycles. The number of nitrogens with zero attached hydrogens (tertiary/aromatic N) is 1. The molecule has 1 aromatic rings. The summed E-state index contributed by atoms with van der Waals surface area (Å²) in [5.41, 5.74) is -1.07. The van der Waals surface area contributed by atoms with Gasteiger partial charge in [-0.2, -0.15) is 0 Å². The third-order valence-corrected chi connectivity index (χ3v) is 2.88. The number of carbonyl (C=O) groups is 2. The Labute approximate surface area is 134 Å². The van der Waals surface area contributed by atoms with Gasteiger partial charge in [0.25, 0.3) is 5.69 Å². The predicted molar refractivity (Wildman–Crippen MR) is 78.9 cm³/mol. The zero-order valence-electron chi connectivity index (χ0n) is 11.4. The molecule has 0 saturated carbocycles. The van der Waals surface area contributed by atoms with Crippen molar-refractivity contribution in [2.75, 3.05) is 19.5 Å². The van der Waals surface area contributed by atoms with E-state index >= 15 is 0 Å². The molecular weight excluding hydrogens is 339 g/mol. The second kappa shape index (κ2) is 7.62. The van der Waals surface area contributed by atoms with Gasteiger partial charge in [-0.15, -0.1) is 0 Å². The fourth-order valence-corrected chi connectivity index (χ4v) is 1.93. The number of rotatable bonds is 5. The molecule has 0 aromatic heterocycles. The molecular formula is C12H10Cl2N2O6. The normalized spacial score (nSPS) is 10.8. The van der Waals surface area contributed by atoms with Crippen molar-refractivity contribution in [3.63, 3.8) is 0 Å². The number of methoxy groups -OCH3 is 2. The van der Waals surface area contributed by atoms with Crippen molar-refractivity contribution >= 4 is 46.5 Å². The van der Waals surface area contributed by atoms with E-state index in [1.165, 1.54) is 6.07 Å². The Bertz CT molecular complexity index is 659. The number of nitro groups is 1. The van der Waals surface area contributed by atoms with E-state index < -0.39 is 22.5 Å². The van der Waals surface area contributed by atoms with Crippen molar-refractivity contribution < 1.29 is 24.0 Å². The van der Waals surface area contributed by atoms with Gasteiger partial charge in [-0.05, 0) is 6.07 Å². The molecule has 0 fully saturated rings. The highest BCUT2D eigenvalue weighted by atomic mass is 35.5. The monoisotopic (exact) mass is 348 g/mol. The van der Waals surface area contributed by atoms with Gasteiger partial charge in [0.2, 0.25) is 0 Å². The quantitative estimate of drug-likeness (QED) is 0.377. The number of benzene rings is 1. The number of nitrogens with one attached hydrogen (secondary N) is 1. The summed E-state index contributed by atoms with van der Waals surface area (Å²) in [7, 11) is 2.18. The van der Waals surface area contributed by atoms with Gasteiger partial charge >= 0.3 is 11.9 Å². The molecule has 0 aliphatic rings. The minimum atomic E-state index is -0.939. The van der Waals surface area contributed by atoms with E-state index in [9.17, 15) is 19.7 Å². The third kappa shape index (κ3) is 4.34. The van der Waals surface area contributed by atoms with Crippen LogP contribution in [0.2, 0.25) is 10.0 Å². The zero-order chi connectivity index (χ0) is 16.9. The standard InChI is InChI=1S/C12H10Cl2N2O6/c1-21-10(17)5-8(12(18)22-2)15-11-7(14)3-6(13)4-9(11)16(19)20/h3-5,15H,1-2H3/b8-5+. The number of ether oxygens (including phenoxy) is 2. The fourth-order valence-electron chi connectivity index (χ4n) is 1.40. The van der Waals surface area contributed by atoms with Crippen molar-refractivity contribution in [3.05, 3.63) is 44.1 Å². The largest absolute Gasteiger partial charge is 0.466 e. The van der Waals surface area contributed by atoms with Gasteiger partial charge in [-0.1, -0.05) is 23.2 Å². The first kappa shape index (κ1) is 17.7. The molecule has 0 atom stereocenters. The van der Waals surface area contributed by atoms with Crippen molar-refractivity contribution in [1.29, 1.82) is 0 Å². The average Bonchev–Trinajstić information content (AvgIpc) is 2.47. The lowest BCUT2D eigenvalue weighted by atomic mass is 10.2. The molecule has 0 amide bonds. The highest BCUT2D eigenvalue weighted by molar-refractivity contribution is 6.37. The van der Waals surface area contributed by atoms with Gasteiger partial charge in [-0.3, -0.25) is 10.1 Å². The maximum Gasteiger partial charge on any atom is 0.354 e. The molecule has 10 heteroatoms. The molecule has 1 rings (SSSR count). The SMILES string of the molecule is COC(=O)/C=C(/Nc1c(Cl)cc(Cl)cc1[N+](=O)[O-])C(=O)OC. The molecule has 0 saturated heterocycles. The van der Waals surface area contributed by atoms with E-state index in [0.717, 1.165) is 26.4 Å². The molecule has 0 aliphatic heterocycles. The third-order valence-electron chi connectivity index (χ3n) is 2.36. The van der Waals surface area contributed by atoms with Crippen LogP contribution in [-0.4, -0.2) is 31.1 Å². The summed E-state index contributed by atoms with van der Waals surface area (Å²) < 4.78 is 8.87. The average molecular weight is 349 g/mol. The molecule has 1 N–H and O–H groups in total. The maximum atomic E-state index is 11.6. The first-order valence-corrected chi connectivity index (χ1v) is 6.34. The fraction of sp³-hybridized carbons (Fsp3) is 0.167. The molecule has 22 heavy (non-hydrogen) atoms. The van der Waals surface area contributed by atoms with Crippen LogP contribution in [0, 0.1) is 10.1 Å². The van der Waals surface area contributed by atoms with Crippen LogP contribution in [0.3, 0.4) is 0 Å². The summed E-state index contributed by atoms with van der Waals surface area (Å²) in [4.78, 5) is 33.2. The summed E-state index contributed by atoms with van der Waals surface area (Å²) >= 11 is 11.6. The Balaban J connectivity index is 3.35. The summed E-state index contributed by atoms with van der Waals surface area (Å²) in [6.45, 7) is 0. The minimum absolute atomic E-state index is 0.0406. The van der Waals surface area contributed by atoms with Gasteiger partial charge < -0.3 is 14.8 Å². The van der Waals surface area contributed by atoms with Crippen LogP contribution < -0.4 is 5.32 Å². The number of nitro benzene ring substituents is 1. The van der Waals surface area contributed by atoms with Crippen LogP contribution in [0.1, 0.15) is 0 Å². The van der Waals surface area contributed by atoms with Crippen LogP contribution in [0.25, 0.3) is 0 Å². The van der Waals surface area contributed by atoms with E-state index in [1.54, 1.807) is 0 Å². The summed E-state index contributed by atoms with van der Waals surface area (Å²) in [5.74, 6) is -1.80. The number of halogens is 2. The van der Waals surface area contributed by atoms with E-state index in [1.807, 2.05) is 0 Å². The van der Waals surface area contributed by atoms with Crippen LogP contribution in [0.5, 0.6) is 0 Å². The Kier molecular flexibility index (Phi) is 6.14. The summed E-state index contributed by atoms with van der Waals surface area (Å²) in [6.07, 6.45) is 0.778. The van der Waals surface area contributed by atoms with Crippen molar-refractivity contribution in [2.45, 2.75) is 0 Å². The summed E-state index contributed by atoms with van der Waals surface area (Å²) in [6, 6.07) is 2.29. The minimum Gasteiger partial charge on any atom is -0.466 e. The van der Waals surface area contributed by atoms with Gasteiger partial charge in [0, 0.05) is 11.1 Å². The van der Waals surface area contributed by atoms with Crippen molar-refractivity contribution in [1.82, 2.24) is 0 Å². The Morgan fingerprint density at radius 1 is 1.27 bits per heavy atom. The molecule has 118 valence electrons. The van der Waals surface area contributed by atoms with Crippen LogP contribution in [-0.2, 0) is 19.1 Å². The predicted octanol–water partition coefficient (Wildman–Crippen LogP) is 2.54. The van der Waals surface area contributed by atoms with Gasteiger partial charge in [0.05, 0.1) is 30.2 Å². The molecule has 8 nitrogen and oxygen atoms in total. The molecule has 0 bridgehead atoms. The summed E-state index contributed by atoms with van der Waals surface area (Å²) in [5, 5.41) is 13.4. The Hall–Kier alpha value is -2.32. The Morgan fingerprint density at radius 3 is 2.41 bits per heavy atom. The van der Waals surface area contributed by atoms with Crippen molar-refractivity contribution in [2.24, 2.45) is 0 Å². The van der Waals surface area contributed by atoms with E-state index in [0.29, 0.717) is 0 Å². The van der Waals surface area contributed by atoms with Crippen LogP contribution >= 0.6 is 23.2 Å². The highest BCUT2D eigenvalue weighted by Crippen LogP contribution is 2.36. The second-order valence-corrected chi connectivity index (χ2v) is 4.58. The van der Waals surface area contributed by atoms with E-state index in [4.69, 9.17) is 23.2 Å². The Morgan fingerprint density at radius 2 is 1.91 bits per heavy atom. The van der Waals surface area contributed by atoms with Crippen molar-refractivity contribution in [3.8, 4) is 0 Å². The number of hydrogen-bond acceptors (Lipinski definition) is 7. The lowest BCUT2D eigenvalue weighted by molar-refractivity contribution is -0.383.